The summed E-state index contributed by atoms with van der Waals surface area (Å²) < 4.78 is 14.8. The van der Waals surface area contributed by atoms with E-state index in [0.29, 0.717) is 12.5 Å². The summed E-state index contributed by atoms with van der Waals surface area (Å²) in [6.45, 7) is 8.93. The molecule has 1 unspecified atom stereocenters. The van der Waals surface area contributed by atoms with E-state index >= 15 is 0 Å². The van der Waals surface area contributed by atoms with E-state index in [-0.39, 0.29) is 23.0 Å². The van der Waals surface area contributed by atoms with Crippen LogP contribution < -0.4 is 4.72 Å². The molecule has 0 radical (unpaired) electrons. The average molecular weight is 329 g/mol. The van der Waals surface area contributed by atoms with Gasteiger partial charge in [0.2, 0.25) is 11.8 Å². The van der Waals surface area contributed by atoms with E-state index < -0.39 is 11.0 Å². The summed E-state index contributed by atoms with van der Waals surface area (Å²) in [6, 6.07) is 0.454. The lowest BCUT2D eigenvalue weighted by Gasteiger charge is -2.47. The molecule has 0 bridgehead atoms. The monoisotopic (exact) mass is 329 g/mol. The highest BCUT2D eigenvalue weighted by atomic mass is 32.2. The number of likely N-dealkylation sites (tertiary alicyclic amines) is 2. The lowest BCUT2D eigenvalue weighted by Crippen LogP contribution is -2.62. The van der Waals surface area contributed by atoms with Crippen molar-refractivity contribution in [1.82, 2.24) is 14.5 Å². The largest absolute Gasteiger partial charge is 0.339 e. The molecule has 0 saturated carbocycles. The van der Waals surface area contributed by atoms with Gasteiger partial charge in [0.25, 0.3) is 0 Å². The fourth-order valence-electron chi connectivity index (χ4n) is 2.87. The van der Waals surface area contributed by atoms with Crippen molar-refractivity contribution in [2.24, 2.45) is 5.92 Å². The summed E-state index contributed by atoms with van der Waals surface area (Å²) in [5, 5.41) is 0.0485. The summed E-state index contributed by atoms with van der Waals surface area (Å²) in [5.74, 6) is -0.0572. The van der Waals surface area contributed by atoms with Gasteiger partial charge in [0.15, 0.2) is 0 Å². The molecular weight excluding hydrogens is 302 g/mol. The highest BCUT2D eigenvalue weighted by Gasteiger charge is 2.36. The Labute approximate surface area is 135 Å². The molecule has 2 rings (SSSR count). The van der Waals surface area contributed by atoms with Crippen molar-refractivity contribution in [1.29, 1.82) is 0 Å². The second-order valence-electron chi connectivity index (χ2n) is 6.46. The van der Waals surface area contributed by atoms with Crippen molar-refractivity contribution in [2.75, 3.05) is 26.2 Å². The first-order valence-corrected chi connectivity index (χ1v) is 9.36. The van der Waals surface area contributed by atoms with Gasteiger partial charge in [0.1, 0.15) is 11.0 Å². The predicted octanol–water partition coefficient (Wildman–Crippen LogP) is 0.508. The molecule has 0 aromatic carbocycles. The Morgan fingerprint density at radius 1 is 1.23 bits per heavy atom. The topological polar surface area (TPSA) is 69.7 Å². The summed E-state index contributed by atoms with van der Waals surface area (Å²) >= 11 is 0. The Bertz CT molecular complexity index is 441. The summed E-state index contributed by atoms with van der Waals surface area (Å²) in [5.41, 5.74) is 0. The minimum Gasteiger partial charge on any atom is -0.339 e. The molecule has 6 nitrogen and oxygen atoms in total. The van der Waals surface area contributed by atoms with Gasteiger partial charge < -0.3 is 4.90 Å². The summed E-state index contributed by atoms with van der Waals surface area (Å²) in [4.78, 5) is 27.4. The molecule has 1 atom stereocenters. The number of nitrogens with zero attached hydrogens (tertiary/aromatic N) is 2. The zero-order valence-corrected chi connectivity index (χ0v) is 14.5. The molecule has 22 heavy (non-hydrogen) atoms. The normalized spacial score (nSPS) is 22.5. The molecule has 2 heterocycles. The maximum absolute atomic E-state index is 12.2. The van der Waals surface area contributed by atoms with E-state index in [4.69, 9.17) is 0 Å². The van der Waals surface area contributed by atoms with Crippen LogP contribution in [0.5, 0.6) is 0 Å². The maximum atomic E-state index is 12.2. The molecule has 2 saturated heterocycles. The molecule has 1 N–H and O–H groups in total. The molecule has 2 amide bonds. The lowest BCUT2D eigenvalue weighted by atomic mass is 10.0. The molecule has 0 aliphatic carbocycles. The van der Waals surface area contributed by atoms with Crippen molar-refractivity contribution in [3.05, 3.63) is 0 Å². The number of hydrogen-bond acceptors (Lipinski definition) is 4. The quantitative estimate of drug-likeness (QED) is 0.798. The zero-order chi connectivity index (χ0) is 16.3. The van der Waals surface area contributed by atoms with Gasteiger partial charge in [0, 0.05) is 31.5 Å². The second kappa shape index (κ2) is 7.55. The summed E-state index contributed by atoms with van der Waals surface area (Å²) in [7, 11) is -1.28. The fraction of sp³-hybridized carbons (Fsp3) is 0.867. The van der Waals surface area contributed by atoms with E-state index in [2.05, 4.69) is 9.62 Å². The van der Waals surface area contributed by atoms with Crippen LogP contribution in [-0.4, -0.2) is 63.3 Å². The van der Waals surface area contributed by atoms with Gasteiger partial charge in [-0.05, 0) is 25.9 Å². The molecule has 126 valence electrons. The van der Waals surface area contributed by atoms with E-state index in [1.165, 1.54) is 0 Å². The molecule has 2 fully saturated rings. The third-order valence-electron chi connectivity index (χ3n) is 4.54. The molecule has 2 aliphatic heterocycles. The Morgan fingerprint density at radius 2 is 1.82 bits per heavy atom. The Kier molecular flexibility index (Phi) is 5.97. The highest BCUT2D eigenvalue weighted by Crippen LogP contribution is 2.22. The van der Waals surface area contributed by atoms with Crippen LogP contribution in [0.15, 0.2) is 0 Å². The highest BCUT2D eigenvalue weighted by molar-refractivity contribution is 7.84. The van der Waals surface area contributed by atoms with Crippen LogP contribution in [0, 0.1) is 5.92 Å². The van der Waals surface area contributed by atoms with E-state index in [1.54, 1.807) is 13.8 Å². The Balaban J connectivity index is 1.71. The van der Waals surface area contributed by atoms with Crippen LogP contribution >= 0.6 is 0 Å². The van der Waals surface area contributed by atoms with E-state index in [1.807, 2.05) is 11.8 Å². The minimum absolute atomic E-state index is 0.0485. The number of carbonyl (C=O) groups excluding carboxylic acids is 2. The van der Waals surface area contributed by atoms with Crippen LogP contribution in [0.2, 0.25) is 0 Å². The van der Waals surface area contributed by atoms with Gasteiger partial charge in [-0.1, -0.05) is 20.8 Å². The molecular formula is C15H27N3O3S. The molecule has 2 aliphatic rings. The van der Waals surface area contributed by atoms with Gasteiger partial charge in [-0.25, -0.2) is 4.21 Å². The summed E-state index contributed by atoms with van der Waals surface area (Å²) in [6.07, 6.45) is 2.25. The predicted molar refractivity (Wildman–Crippen MR) is 86.4 cm³/mol. The Morgan fingerprint density at radius 3 is 2.32 bits per heavy atom. The van der Waals surface area contributed by atoms with Crippen LogP contribution in [-0.2, 0) is 20.6 Å². The van der Waals surface area contributed by atoms with Gasteiger partial charge >= 0.3 is 0 Å². The van der Waals surface area contributed by atoms with Gasteiger partial charge in [-0.2, -0.15) is 0 Å². The first kappa shape index (κ1) is 17.4. The van der Waals surface area contributed by atoms with Crippen molar-refractivity contribution < 1.29 is 13.8 Å². The van der Waals surface area contributed by atoms with Crippen molar-refractivity contribution in [3.63, 3.8) is 0 Å². The van der Waals surface area contributed by atoms with Gasteiger partial charge in [-0.15, -0.1) is 0 Å². The van der Waals surface area contributed by atoms with E-state index in [0.717, 1.165) is 39.0 Å². The number of rotatable bonds is 5. The van der Waals surface area contributed by atoms with Gasteiger partial charge in [0.05, 0.1) is 5.25 Å². The SMILES string of the molecule is CCC(=O)N1CC(N2CCC(S(=O)NC(=O)C(C)C)CC2)C1. The van der Waals surface area contributed by atoms with Crippen molar-refractivity contribution >= 4 is 22.8 Å². The standard InChI is InChI=1S/C15H27N3O3S/c1-4-14(19)18-9-12(10-18)17-7-5-13(6-8-17)22(21)16-15(20)11(2)3/h11-13H,4-10H2,1-3H3,(H,16,20). The average Bonchev–Trinajstić information content (AvgIpc) is 2.45. The van der Waals surface area contributed by atoms with Crippen LogP contribution in [0.1, 0.15) is 40.0 Å². The van der Waals surface area contributed by atoms with Crippen LogP contribution in [0.4, 0.5) is 0 Å². The van der Waals surface area contributed by atoms with Crippen LogP contribution in [0.3, 0.4) is 0 Å². The van der Waals surface area contributed by atoms with E-state index in [9.17, 15) is 13.8 Å². The number of piperidine rings is 1. The minimum atomic E-state index is -1.28. The van der Waals surface area contributed by atoms with Gasteiger partial charge in [-0.3, -0.25) is 19.2 Å². The van der Waals surface area contributed by atoms with Crippen molar-refractivity contribution in [3.8, 4) is 0 Å². The molecule has 0 aromatic rings. The number of amides is 2. The molecule has 7 heteroatoms. The fourth-order valence-corrected chi connectivity index (χ4v) is 4.11. The third kappa shape index (κ3) is 4.07. The van der Waals surface area contributed by atoms with Crippen LogP contribution in [0.25, 0.3) is 0 Å². The first-order chi connectivity index (χ1) is 10.4. The number of carbonyl (C=O) groups is 2. The first-order valence-electron chi connectivity index (χ1n) is 8.15. The maximum Gasteiger partial charge on any atom is 0.234 e. The zero-order valence-electron chi connectivity index (χ0n) is 13.7. The third-order valence-corrected chi connectivity index (χ3v) is 6.02. The molecule has 0 aromatic heterocycles. The second-order valence-corrected chi connectivity index (χ2v) is 7.93. The smallest absolute Gasteiger partial charge is 0.234 e. The number of nitrogens with one attached hydrogen (secondary N) is 1. The van der Waals surface area contributed by atoms with Crippen molar-refractivity contribution in [2.45, 2.75) is 51.3 Å². The Hall–Kier alpha value is -0.950. The lowest BCUT2D eigenvalue weighted by molar-refractivity contribution is -0.138. The molecule has 0 spiro atoms. The number of hydrogen-bond donors (Lipinski definition) is 1.